The molecule has 0 atom stereocenters. The minimum Gasteiger partial charge on any atom is -0.462 e. The van der Waals surface area contributed by atoms with Gasteiger partial charge in [0.15, 0.2) is 5.96 Å². The van der Waals surface area contributed by atoms with Crippen LogP contribution in [-0.4, -0.2) is 75.4 Å². The molecule has 150 valence electrons. The predicted octanol–water partition coefficient (Wildman–Crippen LogP) is 1.53. The summed E-state index contributed by atoms with van der Waals surface area (Å²) in [6, 6.07) is 0. The van der Waals surface area contributed by atoms with Gasteiger partial charge in [-0.1, -0.05) is 0 Å². The Kier molecular flexibility index (Phi) is 10.4. The monoisotopic (exact) mass is 368 g/mol. The van der Waals surface area contributed by atoms with E-state index in [1.165, 1.54) is 12.8 Å². The first kappa shape index (κ1) is 21.0. The second-order valence-electron chi connectivity index (χ2n) is 6.99. The maximum absolute atomic E-state index is 11.8. The second-order valence-corrected chi connectivity index (χ2v) is 6.99. The van der Waals surface area contributed by atoms with Crippen LogP contribution in [0.1, 0.15) is 51.9 Å². The zero-order chi connectivity index (χ0) is 18.5. The number of nitrogens with one attached hydrogen (secondary N) is 2. The van der Waals surface area contributed by atoms with Crippen molar-refractivity contribution in [2.45, 2.75) is 58.0 Å². The Labute approximate surface area is 157 Å². The fourth-order valence-electron chi connectivity index (χ4n) is 3.34. The first-order chi connectivity index (χ1) is 12.8. The number of rotatable bonds is 10. The molecule has 2 N–H and O–H groups in total. The highest BCUT2D eigenvalue weighted by Gasteiger charge is 2.18. The maximum Gasteiger partial charge on any atom is 0.306 e. The van der Waals surface area contributed by atoms with E-state index in [0.29, 0.717) is 13.0 Å². The minimum absolute atomic E-state index is 0.0735. The number of carbonyl (C=O) groups is 1. The van der Waals surface area contributed by atoms with Gasteiger partial charge in [0.1, 0.15) is 6.10 Å². The number of hydrogen-bond donors (Lipinski definition) is 2. The van der Waals surface area contributed by atoms with Gasteiger partial charge >= 0.3 is 5.97 Å². The fourth-order valence-corrected chi connectivity index (χ4v) is 3.34. The van der Waals surface area contributed by atoms with Crippen LogP contribution >= 0.6 is 0 Å². The van der Waals surface area contributed by atoms with Crippen molar-refractivity contribution in [1.82, 2.24) is 15.5 Å². The van der Waals surface area contributed by atoms with Crippen LogP contribution in [0.15, 0.2) is 4.99 Å². The summed E-state index contributed by atoms with van der Waals surface area (Å²) < 4.78 is 10.8. The lowest BCUT2D eigenvalue weighted by atomic mass is 10.3. The number of hydrogen-bond acceptors (Lipinski definition) is 5. The van der Waals surface area contributed by atoms with Gasteiger partial charge in [-0.15, -0.1) is 0 Å². The summed E-state index contributed by atoms with van der Waals surface area (Å²) in [5.74, 6) is 0.759. The van der Waals surface area contributed by atoms with Crippen molar-refractivity contribution in [3.8, 4) is 0 Å². The van der Waals surface area contributed by atoms with Gasteiger partial charge in [0.05, 0.1) is 13.2 Å². The molecule has 0 amide bonds. The average Bonchev–Trinajstić information content (AvgIpc) is 3.16. The summed E-state index contributed by atoms with van der Waals surface area (Å²) in [5, 5.41) is 6.63. The second kappa shape index (κ2) is 12.9. The molecule has 2 aliphatic rings. The van der Waals surface area contributed by atoms with E-state index in [4.69, 9.17) is 9.47 Å². The Hall–Kier alpha value is -1.34. The van der Waals surface area contributed by atoms with Gasteiger partial charge in [0, 0.05) is 39.1 Å². The summed E-state index contributed by atoms with van der Waals surface area (Å²) in [5.41, 5.74) is 0. The SMILES string of the molecule is CCNC(=NCCCC(=O)OC1CCCC1)NCCCN1CCOCC1. The molecule has 26 heavy (non-hydrogen) atoms. The Balaban J connectivity index is 1.55. The Morgan fingerprint density at radius 3 is 2.69 bits per heavy atom. The van der Waals surface area contributed by atoms with Crippen LogP contribution in [0.25, 0.3) is 0 Å². The molecule has 0 radical (unpaired) electrons. The molecule has 7 nitrogen and oxygen atoms in total. The molecule has 1 aliphatic heterocycles. The minimum atomic E-state index is -0.0735. The third-order valence-electron chi connectivity index (χ3n) is 4.80. The van der Waals surface area contributed by atoms with Gasteiger partial charge in [-0.05, 0) is 52.0 Å². The molecule has 0 aromatic heterocycles. The van der Waals surface area contributed by atoms with Gasteiger partial charge in [-0.2, -0.15) is 0 Å². The van der Waals surface area contributed by atoms with E-state index < -0.39 is 0 Å². The van der Waals surface area contributed by atoms with E-state index in [2.05, 4.69) is 27.4 Å². The van der Waals surface area contributed by atoms with Crippen LogP contribution in [-0.2, 0) is 14.3 Å². The van der Waals surface area contributed by atoms with Crippen LogP contribution in [0.5, 0.6) is 0 Å². The van der Waals surface area contributed by atoms with Crippen LogP contribution in [0, 0.1) is 0 Å². The molecule has 0 aromatic carbocycles. The average molecular weight is 369 g/mol. The van der Waals surface area contributed by atoms with Crippen LogP contribution < -0.4 is 10.6 Å². The molecule has 2 rings (SSSR count). The summed E-state index contributed by atoms with van der Waals surface area (Å²) >= 11 is 0. The van der Waals surface area contributed by atoms with Crippen molar-refractivity contribution >= 4 is 11.9 Å². The molecular formula is C19H36N4O3. The zero-order valence-electron chi connectivity index (χ0n) is 16.3. The topological polar surface area (TPSA) is 75.2 Å². The van der Waals surface area contributed by atoms with Crippen molar-refractivity contribution in [3.63, 3.8) is 0 Å². The number of aliphatic imine (C=N–C) groups is 1. The summed E-state index contributed by atoms with van der Waals surface area (Å²) in [6.07, 6.45) is 6.86. The zero-order valence-corrected chi connectivity index (χ0v) is 16.3. The smallest absolute Gasteiger partial charge is 0.306 e. The largest absolute Gasteiger partial charge is 0.462 e. The van der Waals surface area contributed by atoms with E-state index in [0.717, 1.165) is 77.6 Å². The third-order valence-corrected chi connectivity index (χ3v) is 4.80. The number of morpholine rings is 1. The lowest BCUT2D eigenvalue weighted by molar-refractivity contribution is -0.148. The highest BCUT2D eigenvalue weighted by Crippen LogP contribution is 2.21. The number of ether oxygens (including phenoxy) is 2. The molecule has 0 bridgehead atoms. The lowest BCUT2D eigenvalue weighted by Crippen LogP contribution is -2.40. The first-order valence-electron chi connectivity index (χ1n) is 10.3. The Bertz CT molecular complexity index is 419. The van der Waals surface area contributed by atoms with Crippen molar-refractivity contribution in [2.24, 2.45) is 4.99 Å². The highest BCUT2D eigenvalue weighted by atomic mass is 16.5. The summed E-state index contributed by atoms with van der Waals surface area (Å²) in [6.45, 7) is 9.27. The Morgan fingerprint density at radius 1 is 1.19 bits per heavy atom. The van der Waals surface area contributed by atoms with Gasteiger partial charge in [-0.25, -0.2) is 0 Å². The Morgan fingerprint density at radius 2 is 1.96 bits per heavy atom. The normalized spacial score (nSPS) is 19.5. The van der Waals surface area contributed by atoms with Crippen LogP contribution in [0.4, 0.5) is 0 Å². The van der Waals surface area contributed by atoms with E-state index in [9.17, 15) is 4.79 Å². The van der Waals surface area contributed by atoms with E-state index in [1.54, 1.807) is 0 Å². The predicted molar refractivity (Wildman–Crippen MR) is 103 cm³/mol. The summed E-state index contributed by atoms with van der Waals surface area (Å²) in [4.78, 5) is 18.8. The van der Waals surface area contributed by atoms with Crippen molar-refractivity contribution in [1.29, 1.82) is 0 Å². The molecule has 2 fully saturated rings. The standard InChI is InChI=1S/C19H36N4O3/c1-2-20-19(22-11-6-12-23-13-15-25-16-14-23)21-10-5-9-18(24)26-17-7-3-4-8-17/h17H,2-16H2,1H3,(H2,20,21,22). The van der Waals surface area contributed by atoms with E-state index in [1.807, 2.05) is 0 Å². The van der Waals surface area contributed by atoms with Crippen LogP contribution in [0.3, 0.4) is 0 Å². The van der Waals surface area contributed by atoms with Gasteiger partial charge in [0.2, 0.25) is 0 Å². The molecule has 0 aromatic rings. The summed E-state index contributed by atoms with van der Waals surface area (Å²) in [7, 11) is 0. The number of guanidine groups is 1. The highest BCUT2D eigenvalue weighted by molar-refractivity contribution is 5.79. The number of esters is 1. The molecule has 1 aliphatic carbocycles. The molecule has 0 unspecified atom stereocenters. The molecular weight excluding hydrogens is 332 g/mol. The molecule has 1 saturated carbocycles. The van der Waals surface area contributed by atoms with Crippen molar-refractivity contribution in [3.05, 3.63) is 0 Å². The number of carbonyl (C=O) groups excluding carboxylic acids is 1. The third kappa shape index (κ3) is 8.85. The van der Waals surface area contributed by atoms with Crippen molar-refractivity contribution in [2.75, 3.05) is 52.5 Å². The van der Waals surface area contributed by atoms with E-state index in [-0.39, 0.29) is 12.1 Å². The van der Waals surface area contributed by atoms with Crippen LogP contribution in [0.2, 0.25) is 0 Å². The molecule has 1 saturated heterocycles. The van der Waals surface area contributed by atoms with Gasteiger partial charge < -0.3 is 20.1 Å². The lowest BCUT2D eigenvalue weighted by Gasteiger charge is -2.26. The quantitative estimate of drug-likeness (QED) is 0.264. The van der Waals surface area contributed by atoms with Gasteiger partial charge in [0.25, 0.3) is 0 Å². The van der Waals surface area contributed by atoms with E-state index >= 15 is 0 Å². The fraction of sp³-hybridized carbons (Fsp3) is 0.895. The molecule has 0 spiro atoms. The van der Waals surface area contributed by atoms with Gasteiger partial charge in [-0.3, -0.25) is 14.7 Å². The van der Waals surface area contributed by atoms with Crippen molar-refractivity contribution < 1.29 is 14.3 Å². The number of nitrogens with zero attached hydrogens (tertiary/aromatic N) is 2. The molecule has 7 heteroatoms. The maximum atomic E-state index is 11.8. The first-order valence-corrected chi connectivity index (χ1v) is 10.3. The molecule has 1 heterocycles.